The Morgan fingerprint density at radius 2 is 2.03 bits per heavy atom. The van der Waals surface area contributed by atoms with E-state index in [4.69, 9.17) is 22.2 Å². The van der Waals surface area contributed by atoms with Gasteiger partial charge in [-0.15, -0.1) is 11.3 Å². The second-order valence-electron chi connectivity index (χ2n) is 6.91. The number of nitrogens with one attached hydrogen (secondary N) is 2. The van der Waals surface area contributed by atoms with Crippen LogP contribution in [-0.4, -0.2) is 30.5 Å². The van der Waals surface area contributed by atoms with Gasteiger partial charge >= 0.3 is 0 Å². The average molecular weight is 449 g/mol. The Balaban J connectivity index is 1.52. The van der Waals surface area contributed by atoms with Crippen LogP contribution >= 0.6 is 22.9 Å². The fraction of sp³-hybridized carbons (Fsp3) is 0.300. The van der Waals surface area contributed by atoms with Crippen LogP contribution in [-0.2, 0) is 27.3 Å². The Bertz CT molecular complexity index is 1020. The first-order valence-corrected chi connectivity index (χ1v) is 10.4. The number of rotatable bonds is 7. The molecule has 1 aromatic heterocycles. The molecule has 1 aromatic carbocycles. The fourth-order valence-electron chi connectivity index (χ4n) is 3.33. The van der Waals surface area contributed by atoms with E-state index in [0.29, 0.717) is 21.3 Å². The number of hydrogen-bond donors (Lipinski definition) is 3. The monoisotopic (exact) mass is 448 g/mol. The van der Waals surface area contributed by atoms with Gasteiger partial charge < -0.3 is 21.2 Å². The highest BCUT2D eigenvalue weighted by Crippen LogP contribution is 2.38. The van der Waals surface area contributed by atoms with Crippen LogP contribution in [0.5, 0.6) is 0 Å². The van der Waals surface area contributed by atoms with Gasteiger partial charge in [0.1, 0.15) is 11.2 Å². The first kappa shape index (κ1) is 21.8. The van der Waals surface area contributed by atoms with E-state index >= 15 is 0 Å². The molecule has 8 nitrogen and oxygen atoms in total. The number of hydrogen-bond acceptors (Lipinski definition) is 6. The lowest BCUT2D eigenvalue weighted by atomic mass is 10.1. The lowest BCUT2D eigenvalue weighted by Crippen LogP contribution is -2.20. The second-order valence-corrected chi connectivity index (χ2v) is 8.42. The van der Waals surface area contributed by atoms with Crippen LogP contribution in [0.4, 0.5) is 10.7 Å². The number of aryl methyl sites for hydroxylation is 3. The molecule has 3 rings (SSSR count). The SMILES string of the molecule is Cc1cc(C)c(NC(=O)/C=N\OCC(=O)Nc2sc3c(c2C(N)=O)CCC3)c(Cl)c1. The number of nitrogens with zero attached hydrogens (tertiary/aromatic N) is 1. The number of primary amides is 1. The van der Waals surface area contributed by atoms with E-state index in [9.17, 15) is 14.4 Å². The van der Waals surface area contributed by atoms with Crippen LogP contribution in [0.2, 0.25) is 5.02 Å². The zero-order valence-electron chi connectivity index (χ0n) is 16.5. The van der Waals surface area contributed by atoms with Crippen molar-refractivity contribution in [2.45, 2.75) is 33.1 Å². The summed E-state index contributed by atoms with van der Waals surface area (Å²) in [6, 6.07) is 3.63. The van der Waals surface area contributed by atoms with Gasteiger partial charge in [-0.25, -0.2) is 0 Å². The van der Waals surface area contributed by atoms with Gasteiger partial charge in [-0.3, -0.25) is 14.4 Å². The number of fused-ring (bicyclic) bond motifs is 1. The van der Waals surface area contributed by atoms with Gasteiger partial charge in [0.05, 0.1) is 16.3 Å². The smallest absolute Gasteiger partial charge is 0.270 e. The van der Waals surface area contributed by atoms with Crippen molar-refractivity contribution in [3.05, 3.63) is 44.3 Å². The fourth-order valence-corrected chi connectivity index (χ4v) is 5.01. The van der Waals surface area contributed by atoms with Crippen molar-refractivity contribution < 1.29 is 19.2 Å². The van der Waals surface area contributed by atoms with E-state index in [1.807, 2.05) is 19.9 Å². The minimum Gasteiger partial charge on any atom is -0.385 e. The van der Waals surface area contributed by atoms with E-state index in [0.717, 1.165) is 47.0 Å². The van der Waals surface area contributed by atoms with E-state index < -0.39 is 24.3 Å². The van der Waals surface area contributed by atoms with Crippen molar-refractivity contribution in [1.82, 2.24) is 0 Å². The molecular weight excluding hydrogens is 428 g/mol. The summed E-state index contributed by atoms with van der Waals surface area (Å²) in [5.74, 6) is -1.62. The number of thiophene rings is 1. The molecule has 0 atom stereocenters. The molecule has 30 heavy (non-hydrogen) atoms. The molecule has 0 aliphatic heterocycles. The molecule has 10 heteroatoms. The number of amides is 3. The van der Waals surface area contributed by atoms with Crippen LogP contribution in [0.3, 0.4) is 0 Å². The zero-order valence-corrected chi connectivity index (χ0v) is 18.1. The molecule has 0 unspecified atom stereocenters. The molecule has 4 N–H and O–H groups in total. The Morgan fingerprint density at radius 1 is 1.27 bits per heavy atom. The molecular formula is C20H21ClN4O4S. The van der Waals surface area contributed by atoms with E-state index in [2.05, 4.69) is 15.8 Å². The number of nitrogens with two attached hydrogens (primary N) is 1. The van der Waals surface area contributed by atoms with Gasteiger partial charge in [-0.1, -0.05) is 22.8 Å². The third-order valence-corrected chi connectivity index (χ3v) is 6.05. The summed E-state index contributed by atoms with van der Waals surface area (Å²) in [5.41, 5.74) is 9.04. The Kier molecular flexibility index (Phi) is 6.73. The van der Waals surface area contributed by atoms with E-state index in [1.54, 1.807) is 6.07 Å². The van der Waals surface area contributed by atoms with Crippen LogP contribution in [0.25, 0.3) is 0 Å². The van der Waals surface area contributed by atoms with Crippen LogP contribution < -0.4 is 16.4 Å². The second kappa shape index (κ2) is 9.27. The van der Waals surface area contributed by atoms with Crippen LogP contribution in [0.1, 0.15) is 38.3 Å². The highest BCUT2D eigenvalue weighted by molar-refractivity contribution is 7.17. The van der Waals surface area contributed by atoms with E-state index in [-0.39, 0.29) is 0 Å². The van der Waals surface area contributed by atoms with E-state index in [1.165, 1.54) is 11.3 Å². The summed E-state index contributed by atoms with van der Waals surface area (Å²) in [7, 11) is 0. The van der Waals surface area contributed by atoms with Crippen molar-refractivity contribution >= 4 is 57.6 Å². The summed E-state index contributed by atoms with van der Waals surface area (Å²) in [4.78, 5) is 41.8. The maximum atomic E-state index is 12.1. The molecule has 1 aliphatic carbocycles. The lowest BCUT2D eigenvalue weighted by molar-refractivity contribution is -0.120. The normalized spacial score (nSPS) is 12.6. The van der Waals surface area contributed by atoms with Gasteiger partial charge in [0, 0.05) is 4.88 Å². The number of benzene rings is 1. The molecule has 1 aliphatic rings. The van der Waals surface area contributed by atoms with Crippen LogP contribution in [0, 0.1) is 13.8 Å². The molecule has 1 heterocycles. The number of carbonyl (C=O) groups excluding carboxylic acids is 3. The number of oxime groups is 1. The summed E-state index contributed by atoms with van der Waals surface area (Å²) in [6.45, 7) is 3.31. The third-order valence-electron chi connectivity index (χ3n) is 4.54. The topological polar surface area (TPSA) is 123 Å². The summed E-state index contributed by atoms with van der Waals surface area (Å²) in [6.07, 6.45) is 3.54. The number of carbonyl (C=O) groups is 3. The lowest BCUT2D eigenvalue weighted by Gasteiger charge is -2.09. The van der Waals surface area contributed by atoms with Gasteiger partial charge in [0.25, 0.3) is 17.7 Å². The largest absolute Gasteiger partial charge is 0.385 e. The quantitative estimate of drug-likeness (QED) is 0.444. The molecule has 3 amide bonds. The van der Waals surface area contributed by atoms with Crippen LogP contribution in [0.15, 0.2) is 17.3 Å². The molecule has 0 spiro atoms. The summed E-state index contributed by atoms with van der Waals surface area (Å²) < 4.78 is 0. The molecule has 0 fully saturated rings. The maximum absolute atomic E-state index is 12.1. The Morgan fingerprint density at radius 3 is 2.73 bits per heavy atom. The van der Waals surface area contributed by atoms with Crippen molar-refractivity contribution in [2.24, 2.45) is 10.9 Å². The van der Waals surface area contributed by atoms with Crippen molar-refractivity contribution in [3.8, 4) is 0 Å². The molecule has 0 saturated carbocycles. The standard InChI is InChI=1S/C20H21ClN4O4S/c1-10-6-11(2)18(13(21)7-10)24-15(26)8-23-29-9-16(27)25-20-17(19(22)28)12-4-3-5-14(12)30-20/h6-8H,3-5,9H2,1-2H3,(H2,22,28)(H,24,26)(H,25,27)/b23-8-. The van der Waals surface area contributed by atoms with Gasteiger partial charge in [0.15, 0.2) is 6.61 Å². The first-order chi connectivity index (χ1) is 14.3. The highest BCUT2D eigenvalue weighted by Gasteiger charge is 2.26. The maximum Gasteiger partial charge on any atom is 0.270 e. The number of anilines is 2. The van der Waals surface area contributed by atoms with Crippen molar-refractivity contribution in [1.29, 1.82) is 0 Å². The molecule has 0 bridgehead atoms. The summed E-state index contributed by atoms with van der Waals surface area (Å²) in [5, 5.41) is 9.60. The molecule has 0 saturated heterocycles. The molecule has 0 radical (unpaired) electrons. The summed E-state index contributed by atoms with van der Waals surface area (Å²) >= 11 is 7.50. The Hall–Kier alpha value is -2.91. The number of halogens is 1. The minimum absolute atomic E-state index is 0.370. The highest BCUT2D eigenvalue weighted by atomic mass is 35.5. The van der Waals surface area contributed by atoms with Crippen molar-refractivity contribution in [2.75, 3.05) is 17.2 Å². The third kappa shape index (κ3) is 4.98. The average Bonchev–Trinajstić information content (AvgIpc) is 3.22. The van der Waals surface area contributed by atoms with Crippen molar-refractivity contribution in [3.63, 3.8) is 0 Å². The zero-order chi connectivity index (χ0) is 21.8. The predicted molar refractivity (Wildman–Crippen MR) is 117 cm³/mol. The van der Waals surface area contributed by atoms with Gasteiger partial charge in [0.2, 0.25) is 0 Å². The molecule has 158 valence electrons. The first-order valence-electron chi connectivity index (χ1n) is 9.23. The minimum atomic E-state index is -0.564. The Labute approximate surface area is 182 Å². The predicted octanol–water partition coefficient (Wildman–Crippen LogP) is 3.19. The van der Waals surface area contributed by atoms with Gasteiger partial charge in [-0.2, -0.15) is 0 Å². The molecule has 2 aromatic rings. The van der Waals surface area contributed by atoms with Gasteiger partial charge in [-0.05, 0) is 55.9 Å².